The van der Waals surface area contributed by atoms with E-state index in [1.54, 1.807) is 11.9 Å². The standard InChI is InChI=1S/C30H22N4O6S2/c1-32-24-23(35)33-27-29(21-8-4-5-9-22(21)31-27,20-15-12-16-6-2-3-7-19(16)20)26(30(33,28(32)37)42-41-24)40-25(36)17-10-13-18(14-11-17)34(38)39/h2-11,13-15,24,26-27,31H,12H2,1H3/t24-,26-,27+,29-,30-/m0/s1. The SMILES string of the molecule is CN1C(=O)[C@]23SS[C@H]1C(=O)N2[C@H]1Nc2ccccc2[C@@]1(C1=CCc2ccccc21)[C@@H]3OC(=O)c1ccc([N+](=O)[O-])cc1. The first kappa shape index (κ1) is 25.4. The van der Waals surface area contributed by atoms with Crippen LogP contribution < -0.4 is 5.32 Å². The van der Waals surface area contributed by atoms with Gasteiger partial charge in [-0.15, -0.1) is 0 Å². The number of rotatable bonds is 4. The molecule has 4 saturated heterocycles. The van der Waals surface area contributed by atoms with Crippen LogP contribution in [0.15, 0.2) is 78.9 Å². The third-order valence-electron chi connectivity index (χ3n) is 8.99. The number of likely N-dealkylation sites (N-methyl/N-ethyl adjacent to an activating group) is 1. The summed E-state index contributed by atoms with van der Waals surface area (Å²) in [7, 11) is 4.17. The molecular formula is C30H22N4O6S2. The van der Waals surface area contributed by atoms with Crippen molar-refractivity contribution >= 4 is 56.3 Å². The Balaban J connectivity index is 1.38. The Hall–Kier alpha value is -4.29. The minimum absolute atomic E-state index is 0.108. The fourth-order valence-corrected chi connectivity index (χ4v) is 10.8. The Morgan fingerprint density at radius 2 is 1.81 bits per heavy atom. The highest BCUT2D eigenvalue weighted by Gasteiger charge is 2.82. The van der Waals surface area contributed by atoms with Crippen molar-refractivity contribution in [2.75, 3.05) is 12.4 Å². The molecule has 0 saturated carbocycles. The van der Waals surface area contributed by atoms with E-state index >= 15 is 0 Å². The molecule has 12 heteroatoms. The summed E-state index contributed by atoms with van der Waals surface area (Å²) in [5.74, 6) is -1.27. The van der Waals surface area contributed by atoms with E-state index in [4.69, 9.17) is 4.74 Å². The molecule has 6 aliphatic rings. The van der Waals surface area contributed by atoms with E-state index in [1.807, 2.05) is 42.5 Å². The lowest BCUT2D eigenvalue weighted by Gasteiger charge is -2.53. The summed E-state index contributed by atoms with van der Waals surface area (Å²) < 4.78 is 6.49. The lowest BCUT2D eigenvalue weighted by atomic mass is 9.68. The number of nitrogens with zero attached hydrogens (tertiary/aromatic N) is 3. The second-order valence-corrected chi connectivity index (χ2v) is 13.4. The Labute approximate surface area is 247 Å². The van der Waals surface area contributed by atoms with Gasteiger partial charge in [0.25, 0.3) is 17.5 Å². The summed E-state index contributed by atoms with van der Waals surface area (Å²) in [5.41, 5.74) is 3.43. The van der Waals surface area contributed by atoms with Crippen molar-refractivity contribution < 1.29 is 24.0 Å². The van der Waals surface area contributed by atoms with E-state index in [0.717, 1.165) is 28.0 Å². The van der Waals surface area contributed by atoms with E-state index < -0.39 is 38.8 Å². The summed E-state index contributed by atoms with van der Waals surface area (Å²) in [4.78, 5) is 54.6. The number of esters is 1. The van der Waals surface area contributed by atoms with Crippen LogP contribution in [-0.2, 0) is 26.2 Å². The van der Waals surface area contributed by atoms with Crippen LogP contribution in [0.1, 0.15) is 27.0 Å². The second-order valence-electron chi connectivity index (χ2n) is 10.9. The summed E-state index contributed by atoms with van der Waals surface area (Å²) in [6.07, 6.45) is 0.934. The molecule has 2 bridgehead atoms. The highest BCUT2D eigenvalue weighted by Crippen LogP contribution is 2.70. The van der Waals surface area contributed by atoms with Crippen molar-refractivity contribution in [1.82, 2.24) is 9.80 Å². The number of allylic oxidation sites excluding steroid dienone is 1. The lowest BCUT2D eigenvalue weighted by Crippen LogP contribution is -2.73. The number of benzene rings is 3. The number of carbonyl (C=O) groups excluding carboxylic acids is 3. The van der Waals surface area contributed by atoms with Crippen molar-refractivity contribution in [2.45, 2.75) is 34.4 Å². The van der Waals surface area contributed by atoms with Gasteiger partial charge in [-0.05, 0) is 57.7 Å². The number of nitro groups is 1. The quantitative estimate of drug-likeness (QED) is 0.204. The molecule has 5 atom stereocenters. The summed E-state index contributed by atoms with van der Waals surface area (Å²) >= 11 is 0. The molecule has 1 N–H and O–H groups in total. The van der Waals surface area contributed by atoms with Crippen LogP contribution in [0.5, 0.6) is 0 Å². The molecule has 2 amide bonds. The molecule has 10 nitrogen and oxygen atoms in total. The van der Waals surface area contributed by atoms with Crippen LogP contribution in [-0.4, -0.2) is 62.1 Å². The van der Waals surface area contributed by atoms with Crippen LogP contribution >= 0.6 is 21.6 Å². The molecule has 0 aromatic heterocycles. The Bertz CT molecular complexity index is 1780. The Kier molecular flexibility index (Phi) is 5.22. The number of hydrogen-bond acceptors (Lipinski definition) is 9. The zero-order valence-corrected chi connectivity index (χ0v) is 23.7. The topological polar surface area (TPSA) is 122 Å². The van der Waals surface area contributed by atoms with E-state index in [2.05, 4.69) is 17.5 Å². The van der Waals surface area contributed by atoms with Crippen LogP contribution in [0.2, 0.25) is 0 Å². The highest BCUT2D eigenvalue weighted by atomic mass is 33.1. The number of nitrogens with one attached hydrogen (secondary N) is 1. The first-order valence-electron chi connectivity index (χ1n) is 13.4. The predicted octanol–water partition coefficient (Wildman–Crippen LogP) is 4.18. The van der Waals surface area contributed by atoms with Crippen LogP contribution in [0.3, 0.4) is 0 Å². The zero-order valence-electron chi connectivity index (χ0n) is 22.1. The van der Waals surface area contributed by atoms with Gasteiger partial charge in [0.2, 0.25) is 4.87 Å². The number of carbonyl (C=O) groups is 3. The Morgan fingerprint density at radius 3 is 2.60 bits per heavy atom. The van der Waals surface area contributed by atoms with Crippen LogP contribution in [0.4, 0.5) is 11.4 Å². The summed E-state index contributed by atoms with van der Waals surface area (Å²) in [6, 6.07) is 20.9. The zero-order chi connectivity index (χ0) is 29.0. The first-order valence-corrected chi connectivity index (χ1v) is 15.6. The second kappa shape index (κ2) is 8.62. The van der Waals surface area contributed by atoms with Gasteiger partial charge in [-0.1, -0.05) is 59.3 Å². The molecule has 3 aromatic rings. The Morgan fingerprint density at radius 1 is 1.07 bits per heavy atom. The molecule has 0 unspecified atom stereocenters. The normalized spacial score (nSPS) is 29.8. The average Bonchev–Trinajstić information content (AvgIpc) is 3.64. The third kappa shape index (κ3) is 2.95. The maximum atomic E-state index is 14.3. The number of fused-ring (bicyclic) bond motifs is 6. The molecule has 9 rings (SSSR count). The number of anilines is 1. The minimum Gasteiger partial charge on any atom is -0.453 e. The van der Waals surface area contributed by atoms with Crippen molar-refractivity contribution in [3.63, 3.8) is 0 Å². The fraction of sp³-hybridized carbons (Fsp3) is 0.233. The number of non-ortho nitro benzene ring substituents is 1. The molecule has 4 fully saturated rings. The molecule has 3 aromatic carbocycles. The van der Waals surface area contributed by atoms with Gasteiger partial charge in [0.1, 0.15) is 11.6 Å². The number of amides is 2. The molecule has 210 valence electrons. The molecule has 5 heterocycles. The lowest BCUT2D eigenvalue weighted by molar-refractivity contribution is -0.384. The molecule has 42 heavy (non-hydrogen) atoms. The van der Waals surface area contributed by atoms with E-state index in [-0.39, 0.29) is 23.1 Å². The van der Waals surface area contributed by atoms with E-state index in [1.165, 1.54) is 50.8 Å². The molecular weight excluding hydrogens is 576 g/mol. The largest absolute Gasteiger partial charge is 0.453 e. The minimum atomic E-state index is -1.55. The first-order chi connectivity index (χ1) is 20.3. The van der Waals surface area contributed by atoms with Crippen molar-refractivity contribution in [2.24, 2.45) is 0 Å². The van der Waals surface area contributed by atoms with E-state index in [9.17, 15) is 24.5 Å². The number of ether oxygens (including phenoxy) is 1. The number of hydrogen-bond donors (Lipinski definition) is 1. The van der Waals surface area contributed by atoms with E-state index in [0.29, 0.717) is 6.42 Å². The fourth-order valence-electron chi connectivity index (χ4n) is 7.23. The number of para-hydroxylation sites is 1. The number of nitro benzene ring substituents is 1. The summed E-state index contributed by atoms with van der Waals surface area (Å²) in [6.45, 7) is 0. The molecule has 0 radical (unpaired) electrons. The van der Waals surface area contributed by atoms with Crippen molar-refractivity contribution in [3.8, 4) is 0 Å². The third-order valence-corrected chi connectivity index (χ3v) is 12.2. The maximum Gasteiger partial charge on any atom is 0.338 e. The van der Waals surface area contributed by atoms with Gasteiger partial charge in [-0.2, -0.15) is 0 Å². The monoisotopic (exact) mass is 598 g/mol. The van der Waals surface area contributed by atoms with Gasteiger partial charge in [0.15, 0.2) is 11.5 Å². The maximum absolute atomic E-state index is 14.3. The smallest absolute Gasteiger partial charge is 0.338 e. The number of piperazine rings is 1. The predicted molar refractivity (Wildman–Crippen MR) is 157 cm³/mol. The summed E-state index contributed by atoms with van der Waals surface area (Å²) in [5, 5.41) is 14.1. The van der Waals surface area contributed by atoms with Crippen molar-refractivity contribution in [3.05, 3.63) is 111 Å². The van der Waals surface area contributed by atoms with Gasteiger partial charge in [-0.25, -0.2) is 4.79 Å². The molecule has 1 aliphatic carbocycles. The van der Waals surface area contributed by atoms with Gasteiger partial charge in [-0.3, -0.25) is 24.6 Å². The van der Waals surface area contributed by atoms with Gasteiger partial charge < -0.3 is 15.0 Å². The van der Waals surface area contributed by atoms with Crippen molar-refractivity contribution in [1.29, 1.82) is 0 Å². The highest BCUT2D eigenvalue weighted by molar-refractivity contribution is 8.78. The molecule has 1 spiro atoms. The van der Waals surface area contributed by atoms with Gasteiger partial charge in [0.05, 0.1) is 10.5 Å². The van der Waals surface area contributed by atoms with Crippen LogP contribution in [0, 0.1) is 10.1 Å². The average molecular weight is 599 g/mol. The van der Waals surface area contributed by atoms with Gasteiger partial charge >= 0.3 is 5.97 Å². The van der Waals surface area contributed by atoms with Crippen LogP contribution in [0.25, 0.3) is 5.57 Å². The van der Waals surface area contributed by atoms with Gasteiger partial charge in [0, 0.05) is 24.9 Å². The molecule has 5 aliphatic heterocycles.